The van der Waals surface area contributed by atoms with Crippen LogP contribution in [0.3, 0.4) is 0 Å². The molecule has 0 heterocycles. The van der Waals surface area contributed by atoms with Crippen LogP contribution < -0.4 is 14.8 Å². The molecule has 0 saturated carbocycles. The summed E-state index contributed by atoms with van der Waals surface area (Å²) in [6.07, 6.45) is 1.08. The Hall–Kier alpha value is -3.37. The molecule has 0 aliphatic rings. The van der Waals surface area contributed by atoms with Crippen molar-refractivity contribution in [1.29, 1.82) is 0 Å². The molecule has 0 saturated heterocycles. The van der Waals surface area contributed by atoms with E-state index in [2.05, 4.69) is 10.0 Å². The first kappa shape index (κ1) is 22.3. The second kappa shape index (κ2) is 8.78. The Morgan fingerprint density at radius 1 is 0.742 bits per heavy atom. The van der Waals surface area contributed by atoms with E-state index in [9.17, 15) is 21.6 Å². The van der Waals surface area contributed by atoms with E-state index in [-0.39, 0.29) is 15.4 Å². The van der Waals surface area contributed by atoms with Crippen LogP contribution in [0.4, 0.5) is 11.4 Å². The zero-order valence-electron chi connectivity index (χ0n) is 16.7. The number of methoxy groups -OCH3 is 1. The molecule has 162 valence electrons. The highest BCUT2D eigenvalue weighted by atomic mass is 32.2. The number of rotatable bonds is 7. The molecule has 3 aromatic rings. The smallest absolute Gasteiger partial charge is 0.261 e. The summed E-state index contributed by atoms with van der Waals surface area (Å²) in [6, 6.07) is 17.6. The zero-order valence-corrected chi connectivity index (χ0v) is 18.3. The van der Waals surface area contributed by atoms with E-state index in [4.69, 9.17) is 4.74 Å². The molecule has 0 aliphatic carbocycles. The lowest BCUT2D eigenvalue weighted by molar-refractivity contribution is 0.102. The van der Waals surface area contributed by atoms with Gasteiger partial charge in [0.25, 0.3) is 15.9 Å². The number of hydrogen-bond donors (Lipinski definition) is 2. The van der Waals surface area contributed by atoms with Crippen LogP contribution in [-0.4, -0.2) is 36.1 Å². The Morgan fingerprint density at radius 2 is 1.26 bits per heavy atom. The first-order valence-electron chi connectivity index (χ1n) is 8.97. The molecule has 0 atom stereocenters. The maximum Gasteiger partial charge on any atom is 0.261 e. The van der Waals surface area contributed by atoms with E-state index in [0.29, 0.717) is 17.1 Å². The highest BCUT2D eigenvalue weighted by Crippen LogP contribution is 2.21. The molecule has 0 bridgehead atoms. The first-order chi connectivity index (χ1) is 14.6. The number of ether oxygens (including phenoxy) is 1. The normalized spacial score (nSPS) is 11.5. The number of carbonyl (C=O) groups is 1. The summed E-state index contributed by atoms with van der Waals surface area (Å²) in [5.74, 6) is 0.154. The predicted molar refractivity (Wildman–Crippen MR) is 118 cm³/mol. The molecule has 2 N–H and O–H groups in total. The second-order valence-electron chi connectivity index (χ2n) is 6.61. The fourth-order valence-electron chi connectivity index (χ4n) is 2.65. The van der Waals surface area contributed by atoms with Crippen molar-refractivity contribution < 1.29 is 26.4 Å². The molecule has 10 heteroatoms. The monoisotopic (exact) mass is 460 g/mol. The fraction of sp³-hybridized carbons (Fsp3) is 0.0952. The quantitative estimate of drug-likeness (QED) is 0.559. The third kappa shape index (κ3) is 5.62. The van der Waals surface area contributed by atoms with Gasteiger partial charge in [-0.25, -0.2) is 16.8 Å². The number of sulfone groups is 1. The largest absolute Gasteiger partial charge is 0.497 e. The van der Waals surface area contributed by atoms with Gasteiger partial charge in [0.1, 0.15) is 5.75 Å². The number of amides is 1. The molecule has 0 radical (unpaired) electrons. The topological polar surface area (TPSA) is 119 Å². The van der Waals surface area contributed by atoms with E-state index < -0.39 is 25.8 Å². The fourth-order valence-corrected chi connectivity index (χ4v) is 4.34. The van der Waals surface area contributed by atoms with Gasteiger partial charge in [0.2, 0.25) is 0 Å². The zero-order chi connectivity index (χ0) is 22.6. The van der Waals surface area contributed by atoms with Gasteiger partial charge in [-0.3, -0.25) is 9.52 Å². The molecular formula is C21H20N2O6S2. The van der Waals surface area contributed by atoms with Crippen molar-refractivity contribution in [2.75, 3.05) is 23.4 Å². The van der Waals surface area contributed by atoms with Crippen molar-refractivity contribution in [2.24, 2.45) is 0 Å². The van der Waals surface area contributed by atoms with Gasteiger partial charge < -0.3 is 10.1 Å². The van der Waals surface area contributed by atoms with Gasteiger partial charge in [0.15, 0.2) is 9.84 Å². The van der Waals surface area contributed by atoms with E-state index in [0.717, 1.165) is 6.26 Å². The SMILES string of the molecule is COc1ccc(NS(=O)(=O)c2ccc(NC(=O)c3ccc(S(C)(=O)=O)cc3)cc2)cc1. The van der Waals surface area contributed by atoms with Crippen LogP contribution in [0.2, 0.25) is 0 Å². The summed E-state index contributed by atoms with van der Waals surface area (Å²) in [4.78, 5) is 12.5. The number of anilines is 2. The summed E-state index contributed by atoms with van der Waals surface area (Å²) in [5, 5.41) is 2.64. The van der Waals surface area contributed by atoms with E-state index >= 15 is 0 Å². The maximum absolute atomic E-state index is 12.5. The lowest BCUT2D eigenvalue weighted by Gasteiger charge is -2.10. The maximum atomic E-state index is 12.5. The van der Waals surface area contributed by atoms with Gasteiger partial charge in [0.05, 0.1) is 16.9 Å². The van der Waals surface area contributed by atoms with E-state index in [1.54, 1.807) is 24.3 Å². The Balaban J connectivity index is 1.69. The number of benzene rings is 3. The molecule has 0 aromatic heterocycles. The van der Waals surface area contributed by atoms with Crippen LogP contribution in [0.1, 0.15) is 10.4 Å². The standard InChI is InChI=1S/C21H20N2O6S2/c1-29-18-9-5-17(6-10-18)23-31(27,28)20-13-7-16(8-14-20)22-21(24)15-3-11-19(12-4-15)30(2,25)26/h3-14,23H,1-2H3,(H,22,24). The van der Waals surface area contributed by atoms with Crippen molar-refractivity contribution in [2.45, 2.75) is 9.79 Å². The average molecular weight is 461 g/mol. The van der Waals surface area contributed by atoms with Crippen LogP contribution in [0.5, 0.6) is 5.75 Å². The van der Waals surface area contributed by atoms with E-state index in [1.807, 2.05) is 0 Å². The van der Waals surface area contributed by atoms with Crippen LogP contribution in [0.15, 0.2) is 82.6 Å². The lowest BCUT2D eigenvalue weighted by Crippen LogP contribution is -2.14. The van der Waals surface area contributed by atoms with Crippen molar-refractivity contribution in [3.8, 4) is 5.75 Å². The Morgan fingerprint density at radius 3 is 1.77 bits per heavy atom. The molecule has 31 heavy (non-hydrogen) atoms. The molecule has 1 amide bonds. The summed E-state index contributed by atoms with van der Waals surface area (Å²) in [6.45, 7) is 0. The molecule has 0 spiro atoms. The Labute approximate surface area is 180 Å². The average Bonchev–Trinajstić information content (AvgIpc) is 2.74. The summed E-state index contributed by atoms with van der Waals surface area (Å²) < 4.78 is 55.6. The van der Waals surface area contributed by atoms with Gasteiger partial charge in [-0.1, -0.05) is 0 Å². The van der Waals surface area contributed by atoms with Gasteiger partial charge in [0, 0.05) is 23.2 Å². The third-order valence-corrected chi connectivity index (χ3v) is 6.84. The highest BCUT2D eigenvalue weighted by molar-refractivity contribution is 7.92. The van der Waals surface area contributed by atoms with Gasteiger partial charge >= 0.3 is 0 Å². The minimum atomic E-state index is -3.81. The summed E-state index contributed by atoms with van der Waals surface area (Å²) in [5.41, 5.74) is 1.04. The molecule has 0 unspecified atom stereocenters. The molecular weight excluding hydrogens is 440 g/mol. The van der Waals surface area contributed by atoms with Crippen LogP contribution >= 0.6 is 0 Å². The minimum Gasteiger partial charge on any atom is -0.497 e. The van der Waals surface area contributed by atoms with Gasteiger partial charge in [-0.05, 0) is 72.8 Å². The van der Waals surface area contributed by atoms with Crippen LogP contribution in [-0.2, 0) is 19.9 Å². The first-order valence-corrected chi connectivity index (χ1v) is 12.3. The van der Waals surface area contributed by atoms with Crippen molar-refractivity contribution in [1.82, 2.24) is 0 Å². The van der Waals surface area contributed by atoms with Gasteiger partial charge in [-0.2, -0.15) is 0 Å². The number of nitrogens with one attached hydrogen (secondary N) is 2. The minimum absolute atomic E-state index is 0.0267. The Kier molecular flexibility index (Phi) is 6.32. The van der Waals surface area contributed by atoms with E-state index in [1.165, 1.54) is 55.6 Å². The predicted octanol–water partition coefficient (Wildman–Crippen LogP) is 3.15. The molecule has 8 nitrogen and oxygen atoms in total. The summed E-state index contributed by atoms with van der Waals surface area (Å²) >= 11 is 0. The molecule has 3 aromatic carbocycles. The Bertz CT molecular complexity index is 1280. The van der Waals surface area contributed by atoms with Crippen molar-refractivity contribution in [3.63, 3.8) is 0 Å². The lowest BCUT2D eigenvalue weighted by atomic mass is 10.2. The molecule has 0 aliphatic heterocycles. The van der Waals surface area contributed by atoms with Crippen LogP contribution in [0.25, 0.3) is 0 Å². The highest BCUT2D eigenvalue weighted by Gasteiger charge is 2.15. The number of sulfonamides is 1. The summed E-state index contributed by atoms with van der Waals surface area (Å²) in [7, 11) is -5.64. The number of hydrogen-bond acceptors (Lipinski definition) is 6. The second-order valence-corrected chi connectivity index (χ2v) is 10.3. The molecule has 0 fully saturated rings. The van der Waals surface area contributed by atoms with Crippen molar-refractivity contribution in [3.05, 3.63) is 78.4 Å². The van der Waals surface area contributed by atoms with Crippen LogP contribution in [0, 0.1) is 0 Å². The number of carbonyl (C=O) groups excluding carboxylic acids is 1. The molecule has 3 rings (SSSR count). The van der Waals surface area contributed by atoms with Crippen molar-refractivity contribution >= 4 is 37.1 Å². The van der Waals surface area contributed by atoms with Gasteiger partial charge in [-0.15, -0.1) is 0 Å². The third-order valence-electron chi connectivity index (χ3n) is 4.31.